The summed E-state index contributed by atoms with van der Waals surface area (Å²) in [7, 11) is 0. The fourth-order valence-electron chi connectivity index (χ4n) is 5.15. The van der Waals surface area contributed by atoms with Crippen molar-refractivity contribution in [1.29, 1.82) is 0 Å². The maximum absolute atomic E-state index is 14.1. The summed E-state index contributed by atoms with van der Waals surface area (Å²) in [5.74, 6) is 1.02. The maximum atomic E-state index is 14.1. The molecule has 0 saturated heterocycles. The van der Waals surface area contributed by atoms with Crippen molar-refractivity contribution in [3.8, 4) is 11.3 Å². The topological polar surface area (TPSA) is 73.8 Å². The molecule has 2 aromatic heterocycles. The summed E-state index contributed by atoms with van der Waals surface area (Å²) >= 11 is 7.30. The van der Waals surface area contributed by atoms with Gasteiger partial charge in [0.05, 0.1) is 28.5 Å². The average molecular weight is 609 g/mol. The van der Waals surface area contributed by atoms with E-state index in [1.807, 2.05) is 78.9 Å². The third-order valence-corrected chi connectivity index (χ3v) is 8.56. The molecule has 43 heavy (non-hydrogen) atoms. The zero-order chi connectivity index (χ0) is 30.1. The summed E-state index contributed by atoms with van der Waals surface area (Å²) in [6, 6.07) is 27.9. The summed E-state index contributed by atoms with van der Waals surface area (Å²) in [5.41, 5.74) is 4.16. The SMILES string of the molecule is CCOC(=O)C1=C(c2ccccc2)N=c2s/c(=C\c3ccc(-c4ccc(Cl)cc4)o3)c(=O)n2C1c1ccc(C(C)C)cc1. The highest BCUT2D eigenvalue weighted by molar-refractivity contribution is 7.07. The molecule has 5 aromatic rings. The Morgan fingerprint density at radius 3 is 2.40 bits per heavy atom. The Morgan fingerprint density at radius 1 is 1.00 bits per heavy atom. The molecule has 0 saturated carbocycles. The molecule has 6 rings (SSSR count). The molecule has 1 atom stereocenters. The second-order valence-electron chi connectivity index (χ2n) is 10.5. The average Bonchev–Trinajstić information content (AvgIpc) is 3.61. The van der Waals surface area contributed by atoms with Gasteiger partial charge in [-0.15, -0.1) is 0 Å². The van der Waals surface area contributed by atoms with Crippen LogP contribution in [-0.4, -0.2) is 17.1 Å². The van der Waals surface area contributed by atoms with Crippen LogP contribution < -0.4 is 14.9 Å². The summed E-state index contributed by atoms with van der Waals surface area (Å²) < 4.78 is 13.7. The zero-order valence-corrected chi connectivity index (χ0v) is 25.5. The van der Waals surface area contributed by atoms with E-state index < -0.39 is 12.0 Å². The van der Waals surface area contributed by atoms with Gasteiger partial charge in [0.1, 0.15) is 11.5 Å². The van der Waals surface area contributed by atoms with Crippen LogP contribution in [-0.2, 0) is 9.53 Å². The van der Waals surface area contributed by atoms with Crippen molar-refractivity contribution in [2.24, 2.45) is 4.99 Å². The van der Waals surface area contributed by atoms with Gasteiger partial charge in [-0.25, -0.2) is 9.79 Å². The van der Waals surface area contributed by atoms with Gasteiger partial charge in [0.2, 0.25) is 0 Å². The number of rotatable bonds is 7. The van der Waals surface area contributed by atoms with E-state index in [0.717, 1.165) is 22.3 Å². The Balaban J connectivity index is 1.55. The number of halogens is 1. The molecule has 0 amide bonds. The van der Waals surface area contributed by atoms with E-state index in [1.165, 1.54) is 11.3 Å². The van der Waals surface area contributed by atoms with Crippen molar-refractivity contribution in [2.75, 3.05) is 6.61 Å². The standard InChI is InChI=1S/C35H29ClN2O4S/c1-4-41-34(40)30-31(24-8-6-5-7-9-24)37-35-38(32(30)25-12-10-22(11-13-25)21(2)3)33(39)29(43-35)20-27-18-19-28(42-27)23-14-16-26(36)17-15-23/h5-21,32H,4H2,1-3H3/b29-20-. The van der Waals surface area contributed by atoms with Crippen LogP contribution in [0, 0.1) is 0 Å². The Morgan fingerprint density at radius 2 is 1.72 bits per heavy atom. The highest BCUT2D eigenvalue weighted by atomic mass is 35.5. The number of hydrogen-bond acceptors (Lipinski definition) is 6. The first-order valence-corrected chi connectivity index (χ1v) is 15.3. The lowest BCUT2D eigenvalue weighted by Crippen LogP contribution is -2.40. The lowest BCUT2D eigenvalue weighted by molar-refractivity contribution is -0.138. The number of benzene rings is 3. The summed E-state index contributed by atoms with van der Waals surface area (Å²) in [4.78, 5) is 33.1. The Kier molecular flexibility index (Phi) is 8.02. The van der Waals surface area contributed by atoms with E-state index in [0.29, 0.717) is 43.1 Å². The number of carbonyl (C=O) groups is 1. The Labute approximate surface area is 257 Å². The first-order chi connectivity index (χ1) is 20.8. The molecule has 0 spiro atoms. The van der Waals surface area contributed by atoms with Crippen molar-refractivity contribution in [3.63, 3.8) is 0 Å². The predicted molar refractivity (Wildman–Crippen MR) is 171 cm³/mol. The van der Waals surface area contributed by atoms with E-state index in [9.17, 15) is 9.59 Å². The molecule has 1 unspecified atom stereocenters. The minimum Gasteiger partial charge on any atom is -0.463 e. The van der Waals surface area contributed by atoms with Crippen LogP contribution in [0.15, 0.2) is 111 Å². The fraction of sp³-hybridized carbons (Fsp3) is 0.171. The van der Waals surface area contributed by atoms with Crippen molar-refractivity contribution >= 4 is 40.7 Å². The molecule has 0 radical (unpaired) electrons. The molecule has 0 bridgehead atoms. The van der Waals surface area contributed by atoms with Crippen molar-refractivity contribution in [3.05, 3.63) is 144 Å². The molecule has 3 heterocycles. The van der Waals surface area contributed by atoms with E-state index in [1.54, 1.807) is 29.7 Å². The van der Waals surface area contributed by atoms with E-state index in [-0.39, 0.29) is 12.2 Å². The number of nitrogens with zero attached hydrogens (tertiary/aromatic N) is 2. The Bertz CT molecular complexity index is 2000. The maximum Gasteiger partial charge on any atom is 0.338 e. The van der Waals surface area contributed by atoms with Crippen LogP contribution in [0.5, 0.6) is 0 Å². The molecular weight excluding hydrogens is 580 g/mol. The second kappa shape index (κ2) is 12.0. The molecule has 0 fully saturated rings. The van der Waals surface area contributed by atoms with Gasteiger partial charge < -0.3 is 9.15 Å². The largest absolute Gasteiger partial charge is 0.463 e. The lowest BCUT2D eigenvalue weighted by Gasteiger charge is -2.26. The van der Waals surface area contributed by atoms with E-state index in [4.69, 9.17) is 25.7 Å². The van der Waals surface area contributed by atoms with Crippen LogP contribution in [0.25, 0.3) is 23.1 Å². The molecule has 216 valence electrons. The summed E-state index contributed by atoms with van der Waals surface area (Å²) in [5, 5.41) is 0.641. The van der Waals surface area contributed by atoms with Crippen molar-refractivity contribution in [2.45, 2.75) is 32.7 Å². The second-order valence-corrected chi connectivity index (χ2v) is 11.9. The molecule has 6 nitrogen and oxygen atoms in total. The van der Waals surface area contributed by atoms with Gasteiger partial charge in [-0.2, -0.15) is 0 Å². The van der Waals surface area contributed by atoms with Gasteiger partial charge in [-0.3, -0.25) is 9.36 Å². The Hall–Kier alpha value is -4.46. The van der Waals surface area contributed by atoms with Gasteiger partial charge in [-0.1, -0.05) is 91.4 Å². The van der Waals surface area contributed by atoms with Crippen LogP contribution >= 0.6 is 22.9 Å². The van der Waals surface area contributed by atoms with Gasteiger partial charge in [0, 0.05) is 22.2 Å². The number of fused-ring (bicyclic) bond motifs is 1. The van der Waals surface area contributed by atoms with Crippen molar-refractivity contribution in [1.82, 2.24) is 4.57 Å². The number of thiazole rings is 1. The number of aromatic nitrogens is 1. The number of carbonyl (C=O) groups excluding carboxylic acids is 1. The number of furan rings is 1. The smallest absolute Gasteiger partial charge is 0.338 e. The third kappa shape index (κ3) is 5.66. The lowest BCUT2D eigenvalue weighted by atomic mass is 9.91. The number of ether oxygens (including phenoxy) is 1. The van der Waals surface area contributed by atoms with Gasteiger partial charge >= 0.3 is 5.97 Å². The molecule has 1 aliphatic heterocycles. The molecule has 0 N–H and O–H groups in total. The number of esters is 1. The summed E-state index contributed by atoms with van der Waals surface area (Å²) in [6.07, 6.45) is 1.72. The first-order valence-electron chi connectivity index (χ1n) is 14.1. The first kappa shape index (κ1) is 28.6. The zero-order valence-electron chi connectivity index (χ0n) is 23.9. The molecule has 3 aromatic carbocycles. The van der Waals surface area contributed by atoms with Crippen LogP contribution in [0.2, 0.25) is 5.02 Å². The van der Waals surface area contributed by atoms with Crippen molar-refractivity contribution < 1.29 is 13.9 Å². The third-order valence-electron chi connectivity index (χ3n) is 7.32. The van der Waals surface area contributed by atoms with Crippen LogP contribution in [0.1, 0.15) is 55.2 Å². The predicted octanol–water partition coefficient (Wildman–Crippen LogP) is 6.97. The minimum atomic E-state index is -0.727. The highest BCUT2D eigenvalue weighted by Gasteiger charge is 2.35. The summed E-state index contributed by atoms with van der Waals surface area (Å²) in [6.45, 7) is 6.22. The highest BCUT2D eigenvalue weighted by Crippen LogP contribution is 2.35. The van der Waals surface area contributed by atoms with Gasteiger partial charge in [0.15, 0.2) is 4.80 Å². The quantitative estimate of drug-likeness (QED) is 0.187. The number of hydrogen-bond donors (Lipinski definition) is 0. The van der Waals surface area contributed by atoms with Crippen LogP contribution in [0.4, 0.5) is 0 Å². The molecule has 8 heteroatoms. The minimum absolute atomic E-state index is 0.197. The van der Waals surface area contributed by atoms with Gasteiger partial charge in [0.25, 0.3) is 5.56 Å². The van der Waals surface area contributed by atoms with E-state index >= 15 is 0 Å². The van der Waals surface area contributed by atoms with Gasteiger partial charge in [-0.05, 0) is 60.4 Å². The molecular formula is C35H29ClN2O4S. The monoisotopic (exact) mass is 608 g/mol. The molecule has 1 aliphatic rings. The van der Waals surface area contributed by atoms with E-state index in [2.05, 4.69) is 13.8 Å². The normalized spacial score (nSPS) is 15.0. The molecule has 0 aliphatic carbocycles. The fourth-order valence-corrected chi connectivity index (χ4v) is 6.25. The van der Waals surface area contributed by atoms with Crippen LogP contribution in [0.3, 0.4) is 0 Å².